The van der Waals surface area contributed by atoms with Crippen LogP contribution in [0.25, 0.3) is 0 Å². The van der Waals surface area contributed by atoms with Crippen molar-refractivity contribution in [2.24, 2.45) is 5.92 Å². The van der Waals surface area contributed by atoms with Crippen molar-refractivity contribution in [1.29, 1.82) is 0 Å². The molecule has 4 nitrogen and oxygen atoms in total. The first kappa shape index (κ1) is 14.9. The molecular formula is C16H23NO3. The highest BCUT2D eigenvalue weighted by atomic mass is 16.5. The molecule has 20 heavy (non-hydrogen) atoms. The van der Waals surface area contributed by atoms with Crippen LogP contribution in [0.1, 0.15) is 25.3 Å². The number of likely N-dealkylation sites (N-methyl/N-ethyl adjacent to an activating group) is 1. The molecule has 0 N–H and O–H groups in total. The van der Waals surface area contributed by atoms with Gasteiger partial charge in [-0.25, -0.2) is 0 Å². The fraction of sp³-hybridized carbons (Fsp3) is 0.562. The standard InChI is InChI=1S/C16H23NO3/c1-4-19-13-8-6-12(7-9-13)14-10-17(3)11-15(14)16(18)20-5-2/h6-9,14-15H,4-5,10-11H2,1-3H3. The summed E-state index contributed by atoms with van der Waals surface area (Å²) in [5, 5.41) is 0. The second kappa shape index (κ2) is 6.75. The van der Waals surface area contributed by atoms with Gasteiger partial charge < -0.3 is 14.4 Å². The average molecular weight is 277 g/mol. The molecule has 1 aliphatic heterocycles. The van der Waals surface area contributed by atoms with E-state index >= 15 is 0 Å². The maximum atomic E-state index is 12.1. The second-order valence-electron chi connectivity index (χ2n) is 5.19. The van der Waals surface area contributed by atoms with Gasteiger partial charge in [0.15, 0.2) is 0 Å². The van der Waals surface area contributed by atoms with Crippen LogP contribution in [-0.4, -0.2) is 44.2 Å². The van der Waals surface area contributed by atoms with Crippen LogP contribution in [0.3, 0.4) is 0 Å². The average Bonchev–Trinajstić information content (AvgIpc) is 2.82. The topological polar surface area (TPSA) is 38.8 Å². The second-order valence-corrected chi connectivity index (χ2v) is 5.19. The Labute approximate surface area is 120 Å². The molecule has 0 spiro atoms. The molecule has 110 valence electrons. The minimum absolute atomic E-state index is 0.0714. The van der Waals surface area contributed by atoms with Gasteiger partial charge in [0.05, 0.1) is 19.1 Å². The number of carbonyl (C=O) groups excluding carboxylic acids is 1. The monoisotopic (exact) mass is 277 g/mol. The van der Waals surface area contributed by atoms with Gasteiger partial charge in [-0.2, -0.15) is 0 Å². The molecule has 1 aliphatic rings. The zero-order valence-corrected chi connectivity index (χ0v) is 12.5. The summed E-state index contributed by atoms with van der Waals surface area (Å²) in [6, 6.07) is 8.06. The number of benzene rings is 1. The Hall–Kier alpha value is -1.55. The molecule has 1 heterocycles. The zero-order chi connectivity index (χ0) is 14.5. The van der Waals surface area contributed by atoms with E-state index in [-0.39, 0.29) is 17.8 Å². The van der Waals surface area contributed by atoms with Crippen LogP contribution < -0.4 is 4.74 Å². The summed E-state index contributed by atoms with van der Waals surface area (Å²) in [4.78, 5) is 14.3. The summed E-state index contributed by atoms with van der Waals surface area (Å²) in [5.41, 5.74) is 1.18. The first-order valence-corrected chi connectivity index (χ1v) is 7.23. The van der Waals surface area contributed by atoms with E-state index < -0.39 is 0 Å². The normalized spacial score (nSPS) is 22.8. The van der Waals surface area contributed by atoms with Gasteiger partial charge in [-0.15, -0.1) is 0 Å². The van der Waals surface area contributed by atoms with Crippen molar-refractivity contribution in [3.05, 3.63) is 29.8 Å². The van der Waals surface area contributed by atoms with Crippen LogP contribution in [0.4, 0.5) is 0 Å². The van der Waals surface area contributed by atoms with Crippen molar-refractivity contribution in [1.82, 2.24) is 4.90 Å². The fourth-order valence-electron chi connectivity index (χ4n) is 2.80. The molecule has 0 saturated carbocycles. The first-order valence-electron chi connectivity index (χ1n) is 7.23. The van der Waals surface area contributed by atoms with Gasteiger partial charge in [0, 0.05) is 19.0 Å². The van der Waals surface area contributed by atoms with Gasteiger partial charge in [-0.3, -0.25) is 4.79 Å². The molecule has 4 heteroatoms. The Kier molecular flexibility index (Phi) is 5.01. The van der Waals surface area contributed by atoms with Crippen molar-refractivity contribution in [2.75, 3.05) is 33.4 Å². The summed E-state index contributed by atoms with van der Waals surface area (Å²) < 4.78 is 10.7. The summed E-state index contributed by atoms with van der Waals surface area (Å²) in [5.74, 6) is 0.915. The molecule has 1 aromatic rings. The van der Waals surface area contributed by atoms with E-state index in [0.29, 0.717) is 13.2 Å². The van der Waals surface area contributed by atoms with Crippen LogP contribution in [0.15, 0.2) is 24.3 Å². The third-order valence-corrected chi connectivity index (χ3v) is 3.71. The molecule has 0 amide bonds. The lowest BCUT2D eigenvalue weighted by molar-refractivity contribution is -0.147. The van der Waals surface area contributed by atoms with Crippen molar-refractivity contribution in [2.45, 2.75) is 19.8 Å². The number of hydrogen-bond acceptors (Lipinski definition) is 4. The van der Waals surface area contributed by atoms with E-state index in [0.717, 1.165) is 18.8 Å². The van der Waals surface area contributed by atoms with Gasteiger partial charge in [0.1, 0.15) is 5.75 Å². The number of ether oxygens (including phenoxy) is 2. The van der Waals surface area contributed by atoms with Crippen molar-refractivity contribution in [3.63, 3.8) is 0 Å². The van der Waals surface area contributed by atoms with E-state index in [9.17, 15) is 4.79 Å². The van der Waals surface area contributed by atoms with Crippen LogP contribution in [0.5, 0.6) is 5.75 Å². The maximum Gasteiger partial charge on any atom is 0.310 e. The number of esters is 1. The smallest absolute Gasteiger partial charge is 0.310 e. The predicted molar refractivity (Wildman–Crippen MR) is 78.0 cm³/mol. The van der Waals surface area contributed by atoms with E-state index in [4.69, 9.17) is 9.47 Å². The van der Waals surface area contributed by atoms with Crippen molar-refractivity contribution < 1.29 is 14.3 Å². The molecule has 0 radical (unpaired) electrons. The lowest BCUT2D eigenvalue weighted by atomic mass is 9.89. The molecule has 2 rings (SSSR count). The molecular weight excluding hydrogens is 254 g/mol. The molecule has 1 fully saturated rings. The summed E-state index contributed by atoms with van der Waals surface area (Å²) >= 11 is 0. The van der Waals surface area contributed by atoms with Crippen molar-refractivity contribution in [3.8, 4) is 5.75 Å². The summed E-state index contributed by atoms with van der Waals surface area (Å²) in [6.07, 6.45) is 0. The Morgan fingerprint density at radius 1 is 1.20 bits per heavy atom. The minimum Gasteiger partial charge on any atom is -0.494 e. The molecule has 2 atom stereocenters. The third kappa shape index (κ3) is 3.31. The SMILES string of the molecule is CCOC(=O)C1CN(C)CC1c1ccc(OCC)cc1. The van der Waals surface area contributed by atoms with E-state index in [1.165, 1.54) is 5.56 Å². The summed E-state index contributed by atoms with van der Waals surface area (Å²) in [7, 11) is 2.04. The minimum atomic E-state index is -0.0873. The number of nitrogens with zero attached hydrogens (tertiary/aromatic N) is 1. The number of carbonyl (C=O) groups is 1. The number of likely N-dealkylation sites (tertiary alicyclic amines) is 1. The molecule has 1 saturated heterocycles. The molecule has 2 unspecified atom stereocenters. The maximum absolute atomic E-state index is 12.1. The quantitative estimate of drug-likeness (QED) is 0.774. The van der Waals surface area contributed by atoms with Crippen LogP contribution in [-0.2, 0) is 9.53 Å². The Bertz CT molecular complexity index is 444. The van der Waals surface area contributed by atoms with Crippen LogP contribution in [0.2, 0.25) is 0 Å². The Morgan fingerprint density at radius 3 is 2.50 bits per heavy atom. The fourth-order valence-corrected chi connectivity index (χ4v) is 2.80. The molecule has 0 aromatic heterocycles. The highest BCUT2D eigenvalue weighted by molar-refractivity contribution is 5.74. The van der Waals surface area contributed by atoms with Crippen molar-refractivity contribution >= 4 is 5.97 Å². The van der Waals surface area contributed by atoms with E-state index in [1.54, 1.807) is 0 Å². The van der Waals surface area contributed by atoms with Gasteiger partial charge in [-0.05, 0) is 38.6 Å². The van der Waals surface area contributed by atoms with Crippen LogP contribution >= 0.6 is 0 Å². The van der Waals surface area contributed by atoms with Gasteiger partial charge in [0.25, 0.3) is 0 Å². The Balaban J connectivity index is 2.14. The predicted octanol–water partition coefficient (Wildman–Crippen LogP) is 2.29. The lowest BCUT2D eigenvalue weighted by Gasteiger charge is -2.17. The largest absolute Gasteiger partial charge is 0.494 e. The zero-order valence-electron chi connectivity index (χ0n) is 12.5. The number of hydrogen-bond donors (Lipinski definition) is 0. The first-order chi connectivity index (χ1) is 9.65. The van der Waals surface area contributed by atoms with Gasteiger partial charge in [0.2, 0.25) is 0 Å². The summed E-state index contributed by atoms with van der Waals surface area (Å²) in [6.45, 7) is 6.57. The van der Waals surface area contributed by atoms with E-state index in [2.05, 4.69) is 17.0 Å². The Morgan fingerprint density at radius 2 is 1.90 bits per heavy atom. The highest BCUT2D eigenvalue weighted by Crippen LogP contribution is 2.33. The third-order valence-electron chi connectivity index (χ3n) is 3.71. The number of rotatable bonds is 5. The highest BCUT2D eigenvalue weighted by Gasteiger charge is 2.37. The van der Waals surface area contributed by atoms with Crippen LogP contribution in [0, 0.1) is 5.92 Å². The van der Waals surface area contributed by atoms with E-state index in [1.807, 2.05) is 33.0 Å². The molecule has 1 aromatic carbocycles. The molecule has 0 aliphatic carbocycles. The van der Waals surface area contributed by atoms with Gasteiger partial charge >= 0.3 is 5.97 Å². The lowest BCUT2D eigenvalue weighted by Crippen LogP contribution is -2.24. The molecule has 0 bridgehead atoms. The van der Waals surface area contributed by atoms with Gasteiger partial charge in [-0.1, -0.05) is 12.1 Å².